The van der Waals surface area contributed by atoms with E-state index in [0.717, 1.165) is 27.6 Å². The number of halogens is 2. The van der Waals surface area contributed by atoms with Gasteiger partial charge in [-0.05, 0) is 53.6 Å². The number of hydrogen-bond acceptors (Lipinski definition) is 7. The van der Waals surface area contributed by atoms with E-state index in [9.17, 15) is 18.7 Å². The van der Waals surface area contributed by atoms with E-state index in [4.69, 9.17) is 0 Å². The predicted octanol–water partition coefficient (Wildman–Crippen LogP) is 7.40. The summed E-state index contributed by atoms with van der Waals surface area (Å²) in [4.78, 5) is 25.8. The Hall–Kier alpha value is -6.07. The van der Waals surface area contributed by atoms with E-state index in [1.807, 2.05) is 48.1 Å². The molecule has 0 bridgehead atoms. The van der Waals surface area contributed by atoms with Crippen LogP contribution in [0.25, 0.3) is 22.2 Å². The van der Waals surface area contributed by atoms with E-state index in [0.29, 0.717) is 54.8 Å². The van der Waals surface area contributed by atoms with Gasteiger partial charge in [0.25, 0.3) is 0 Å². The van der Waals surface area contributed by atoms with Crippen molar-refractivity contribution in [2.75, 3.05) is 41.7 Å². The van der Waals surface area contributed by atoms with Crippen molar-refractivity contribution in [1.29, 1.82) is 0 Å². The number of rotatable bonds is 9. The lowest BCUT2D eigenvalue weighted by molar-refractivity contribution is -0.111. The number of carbonyl (C=O) groups excluding carboxylic acids is 1. The van der Waals surface area contributed by atoms with Crippen LogP contribution < -0.4 is 15.5 Å². The van der Waals surface area contributed by atoms with Crippen molar-refractivity contribution in [2.24, 2.45) is 7.05 Å². The molecule has 252 valence electrons. The Bertz CT molecular complexity index is 2130. The lowest BCUT2D eigenvalue weighted by Gasteiger charge is -2.41. The van der Waals surface area contributed by atoms with Gasteiger partial charge in [0.05, 0.1) is 28.8 Å². The summed E-state index contributed by atoms with van der Waals surface area (Å²) in [5.41, 5.74) is 6.01. The molecule has 1 saturated heterocycles. The van der Waals surface area contributed by atoms with Gasteiger partial charge in [0, 0.05) is 68.0 Å². The van der Waals surface area contributed by atoms with Crippen LogP contribution in [0, 0.1) is 11.6 Å². The molecular weight excluding hydrogens is 636 g/mol. The Morgan fingerprint density at radius 3 is 2.20 bits per heavy atom. The van der Waals surface area contributed by atoms with Gasteiger partial charge in [-0.2, -0.15) is 0 Å². The summed E-state index contributed by atoms with van der Waals surface area (Å²) in [5.74, 6) is -0.607. The molecule has 0 radical (unpaired) electrons. The van der Waals surface area contributed by atoms with E-state index >= 15 is 0 Å². The molecular formula is C39H35F2N7O2. The fourth-order valence-electron chi connectivity index (χ4n) is 6.60. The van der Waals surface area contributed by atoms with Crippen LogP contribution in [0.2, 0.25) is 0 Å². The van der Waals surface area contributed by atoms with Crippen LogP contribution >= 0.6 is 0 Å². The molecule has 0 spiro atoms. The van der Waals surface area contributed by atoms with Crippen molar-refractivity contribution in [3.63, 3.8) is 0 Å². The molecule has 0 saturated carbocycles. The van der Waals surface area contributed by atoms with Crippen molar-refractivity contribution >= 4 is 39.7 Å². The summed E-state index contributed by atoms with van der Waals surface area (Å²) in [6, 6.07) is 25.7. The summed E-state index contributed by atoms with van der Waals surface area (Å²) >= 11 is 0. The quantitative estimate of drug-likeness (QED) is 0.0838. The van der Waals surface area contributed by atoms with Crippen LogP contribution in [0.1, 0.15) is 17.2 Å². The number of hydrogen-bond donors (Lipinski definition) is 3. The number of aromatic hydroxyl groups is 1. The second-order valence-electron chi connectivity index (χ2n) is 12.2. The Morgan fingerprint density at radius 2 is 1.54 bits per heavy atom. The average molecular weight is 672 g/mol. The fraction of sp³-hybridized carbons (Fsp3) is 0.154. The minimum atomic E-state index is -0.394. The number of benzene rings is 4. The second kappa shape index (κ2) is 13.8. The summed E-state index contributed by atoms with van der Waals surface area (Å²) in [7, 11) is 1.99. The SMILES string of the molecule is C=CC(=O)Nc1cc(Nc2cc(-c3cn(C)c4ccccc34)ncn2)c(O)cc1N1CCN(C(c2ccc(F)cc2)c2ccc(F)cc2)CC1. The largest absolute Gasteiger partial charge is 0.506 e. The third-order valence-electron chi connectivity index (χ3n) is 9.05. The summed E-state index contributed by atoms with van der Waals surface area (Å²) in [6.07, 6.45) is 4.68. The van der Waals surface area contributed by atoms with Crippen molar-refractivity contribution in [3.05, 3.63) is 139 Å². The minimum Gasteiger partial charge on any atom is -0.506 e. The number of aromatic nitrogens is 3. The highest BCUT2D eigenvalue weighted by Crippen LogP contribution is 2.40. The zero-order chi connectivity index (χ0) is 34.8. The van der Waals surface area contributed by atoms with Gasteiger partial charge in [-0.1, -0.05) is 49.0 Å². The molecule has 6 aromatic rings. The first-order valence-electron chi connectivity index (χ1n) is 16.2. The lowest BCUT2D eigenvalue weighted by Crippen LogP contribution is -2.48. The first-order valence-corrected chi connectivity index (χ1v) is 16.2. The van der Waals surface area contributed by atoms with Crippen LogP contribution in [0.5, 0.6) is 5.75 Å². The molecule has 9 nitrogen and oxygen atoms in total. The number of carbonyl (C=O) groups is 1. The fourth-order valence-corrected chi connectivity index (χ4v) is 6.60. The van der Waals surface area contributed by atoms with Gasteiger partial charge in [0.1, 0.15) is 29.5 Å². The molecule has 1 aliphatic heterocycles. The van der Waals surface area contributed by atoms with Crippen LogP contribution in [0.3, 0.4) is 0 Å². The third kappa shape index (κ3) is 6.63. The van der Waals surface area contributed by atoms with Crippen LogP contribution in [0.4, 0.5) is 31.7 Å². The van der Waals surface area contributed by atoms with Gasteiger partial charge in [0.2, 0.25) is 5.91 Å². The van der Waals surface area contributed by atoms with E-state index in [1.165, 1.54) is 36.7 Å². The Morgan fingerprint density at radius 1 is 0.880 bits per heavy atom. The van der Waals surface area contributed by atoms with Gasteiger partial charge in [-0.3, -0.25) is 9.69 Å². The van der Waals surface area contributed by atoms with Crippen molar-refractivity contribution < 1.29 is 18.7 Å². The molecule has 0 unspecified atom stereocenters. The number of aryl methyl sites for hydroxylation is 1. The van der Waals surface area contributed by atoms with Crippen LogP contribution in [-0.4, -0.2) is 56.6 Å². The standard InChI is InChI=1S/C39H35F2N7O2/c1-3-38(50)45-32-20-33(44-37-21-31(42-24-43-37)30-23-46(2)34-7-5-4-6-29(30)34)36(49)22-35(32)47-16-18-48(19-17-47)39(25-8-12-27(40)13-9-25)26-10-14-28(41)15-11-26/h3-15,20-24,39,49H,1,16-19H2,2H3,(H,45,50)(H,42,43,44). The second-order valence-corrected chi connectivity index (χ2v) is 12.2. The summed E-state index contributed by atoms with van der Waals surface area (Å²) < 4.78 is 29.7. The summed E-state index contributed by atoms with van der Waals surface area (Å²) in [6.45, 7) is 5.93. The van der Waals surface area contributed by atoms with Gasteiger partial charge < -0.3 is 25.2 Å². The van der Waals surface area contributed by atoms with Gasteiger partial charge in [-0.25, -0.2) is 18.7 Å². The Kier molecular flexibility index (Phi) is 8.97. The first-order chi connectivity index (χ1) is 24.3. The smallest absolute Gasteiger partial charge is 0.247 e. The molecule has 7 rings (SSSR count). The number of nitrogens with one attached hydrogen (secondary N) is 2. The molecule has 3 N–H and O–H groups in total. The monoisotopic (exact) mass is 671 g/mol. The van der Waals surface area contributed by atoms with Gasteiger partial charge in [0.15, 0.2) is 0 Å². The van der Waals surface area contributed by atoms with Gasteiger partial charge >= 0.3 is 0 Å². The molecule has 3 heterocycles. The number of phenols is 1. The molecule has 0 atom stereocenters. The Balaban J connectivity index is 1.15. The lowest BCUT2D eigenvalue weighted by atomic mass is 9.96. The van der Waals surface area contributed by atoms with E-state index < -0.39 is 5.91 Å². The molecule has 2 aromatic heterocycles. The number of piperazine rings is 1. The molecule has 4 aromatic carbocycles. The van der Waals surface area contributed by atoms with Crippen molar-refractivity contribution in [2.45, 2.75) is 6.04 Å². The first kappa shape index (κ1) is 32.5. The van der Waals surface area contributed by atoms with E-state index in [1.54, 1.807) is 36.4 Å². The minimum absolute atomic E-state index is 0.0279. The topological polar surface area (TPSA) is 98.5 Å². The Labute approximate surface area is 288 Å². The normalized spacial score (nSPS) is 13.5. The number of para-hydroxylation sites is 1. The van der Waals surface area contributed by atoms with Crippen LogP contribution in [-0.2, 0) is 11.8 Å². The van der Waals surface area contributed by atoms with E-state index in [2.05, 4.69) is 37.0 Å². The molecule has 1 aliphatic rings. The van der Waals surface area contributed by atoms with Gasteiger partial charge in [-0.15, -0.1) is 0 Å². The molecule has 1 amide bonds. The number of phenolic OH excluding ortho intramolecular Hbond substituents is 1. The maximum atomic E-state index is 13.8. The third-order valence-corrected chi connectivity index (χ3v) is 9.05. The zero-order valence-corrected chi connectivity index (χ0v) is 27.4. The molecule has 50 heavy (non-hydrogen) atoms. The number of amides is 1. The van der Waals surface area contributed by atoms with Crippen LogP contribution in [0.15, 0.2) is 116 Å². The number of fused-ring (bicyclic) bond motifs is 1. The molecule has 11 heteroatoms. The maximum Gasteiger partial charge on any atom is 0.247 e. The maximum absolute atomic E-state index is 13.8. The highest BCUT2D eigenvalue weighted by molar-refractivity contribution is 6.02. The van der Waals surface area contributed by atoms with E-state index in [-0.39, 0.29) is 23.4 Å². The van der Waals surface area contributed by atoms with Crippen molar-refractivity contribution in [3.8, 4) is 17.0 Å². The molecule has 0 aliphatic carbocycles. The predicted molar refractivity (Wildman–Crippen MR) is 193 cm³/mol. The molecule has 1 fully saturated rings. The summed E-state index contributed by atoms with van der Waals surface area (Å²) in [5, 5.41) is 18.4. The number of anilines is 4. The highest BCUT2D eigenvalue weighted by Gasteiger charge is 2.28. The zero-order valence-electron chi connectivity index (χ0n) is 27.4. The number of nitrogens with zero attached hydrogens (tertiary/aromatic N) is 5. The highest BCUT2D eigenvalue weighted by atomic mass is 19.1. The van der Waals surface area contributed by atoms with Crippen molar-refractivity contribution in [1.82, 2.24) is 19.4 Å². The average Bonchev–Trinajstić information content (AvgIpc) is 3.48.